The van der Waals surface area contributed by atoms with E-state index in [9.17, 15) is 0 Å². The van der Waals surface area contributed by atoms with Crippen LogP contribution < -0.4 is 21.5 Å². The molecule has 0 atom stereocenters. The zero-order chi connectivity index (χ0) is 17.1. The van der Waals surface area contributed by atoms with E-state index in [0.717, 1.165) is 28.1 Å². The summed E-state index contributed by atoms with van der Waals surface area (Å²) in [5.41, 5.74) is 17.4. The Hall–Kier alpha value is -2.37. The summed E-state index contributed by atoms with van der Waals surface area (Å²) in [6.07, 6.45) is 0. The summed E-state index contributed by atoms with van der Waals surface area (Å²) < 4.78 is 5.36. The predicted octanol–water partition coefficient (Wildman–Crippen LogP) is 4.85. The number of thiophene rings is 1. The number of hydrogen-bond donors (Lipinski definition) is 3. The fourth-order valence-electron chi connectivity index (χ4n) is 2.51. The fourth-order valence-corrected chi connectivity index (χ4v) is 3.54. The predicted molar refractivity (Wildman–Crippen MR) is 104 cm³/mol. The average Bonchev–Trinajstić information content (AvgIpc) is 3.03. The summed E-state index contributed by atoms with van der Waals surface area (Å²) >= 11 is 7.71. The molecule has 124 valence electrons. The number of nitrogens with one attached hydrogen (secondary N) is 1. The van der Waals surface area contributed by atoms with Gasteiger partial charge in [-0.15, -0.1) is 0 Å². The topological polar surface area (TPSA) is 73.3 Å². The second-order valence-electron chi connectivity index (χ2n) is 5.36. The molecule has 24 heavy (non-hydrogen) atoms. The Morgan fingerprint density at radius 2 is 1.92 bits per heavy atom. The van der Waals surface area contributed by atoms with Crippen molar-refractivity contribution in [2.45, 2.75) is 6.54 Å². The van der Waals surface area contributed by atoms with Gasteiger partial charge in [-0.25, -0.2) is 0 Å². The van der Waals surface area contributed by atoms with Gasteiger partial charge in [-0.1, -0.05) is 11.6 Å². The summed E-state index contributed by atoms with van der Waals surface area (Å²) in [6, 6.07) is 11.0. The van der Waals surface area contributed by atoms with Gasteiger partial charge in [-0.2, -0.15) is 11.3 Å². The molecule has 3 rings (SSSR count). The van der Waals surface area contributed by atoms with Crippen LogP contribution in [0.5, 0.6) is 5.75 Å². The number of rotatable bonds is 5. The minimum absolute atomic E-state index is 0.629. The van der Waals surface area contributed by atoms with Gasteiger partial charge in [0.2, 0.25) is 0 Å². The molecule has 4 nitrogen and oxygen atoms in total. The van der Waals surface area contributed by atoms with Crippen molar-refractivity contribution in [2.24, 2.45) is 0 Å². The third-order valence-corrected chi connectivity index (χ3v) is 4.77. The number of nitrogen functional groups attached to an aromatic ring is 2. The Balaban J connectivity index is 1.87. The van der Waals surface area contributed by atoms with Gasteiger partial charge in [0.25, 0.3) is 0 Å². The van der Waals surface area contributed by atoms with Crippen LogP contribution in [0.3, 0.4) is 0 Å². The van der Waals surface area contributed by atoms with Gasteiger partial charge in [-0.3, -0.25) is 0 Å². The fraction of sp³-hybridized carbons (Fsp3) is 0.111. The van der Waals surface area contributed by atoms with Crippen LogP contribution in [0.2, 0.25) is 5.02 Å². The molecular formula is C18H18ClN3OS. The van der Waals surface area contributed by atoms with E-state index < -0.39 is 0 Å². The van der Waals surface area contributed by atoms with Gasteiger partial charge in [0, 0.05) is 28.5 Å². The lowest BCUT2D eigenvalue weighted by Gasteiger charge is -2.13. The van der Waals surface area contributed by atoms with Crippen molar-refractivity contribution >= 4 is 40.0 Å². The molecule has 2 aromatic carbocycles. The Labute approximate surface area is 150 Å². The standard InChI is InChI=1S/C18H18ClN3OS/c1-23-18-5-2-12(19)6-17(18)22-8-11-9-24-10-15(11)14-7-13(20)3-4-16(14)21/h2-7,9-10,22H,8,20-21H2,1H3. The molecule has 1 heterocycles. The molecule has 0 fully saturated rings. The summed E-state index contributed by atoms with van der Waals surface area (Å²) in [7, 11) is 1.64. The maximum Gasteiger partial charge on any atom is 0.142 e. The van der Waals surface area contributed by atoms with Crippen LogP contribution in [0.15, 0.2) is 47.2 Å². The van der Waals surface area contributed by atoms with Crippen LogP contribution in [0.4, 0.5) is 17.1 Å². The van der Waals surface area contributed by atoms with Crippen LogP contribution in [0.1, 0.15) is 5.56 Å². The van der Waals surface area contributed by atoms with Gasteiger partial charge in [-0.05, 0) is 58.3 Å². The van der Waals surface area contributed by atoms with E-state index in [2.05, 4.69) is 16.1 Å². The van der Waals surface area contributed by atoms with Crippen molar-refractivity contribution < 1.29 is 4.74 Å². The summed E-state index contributed by atoms with van der Waals surface area (Å²) in [5, 5.41) is 8.21. The van der Waals surface area contributed by atoms with Gasteiger partial charge in [0.15, 0.2) is 0 Å². The molecule has 0 unspecified atom stereocenters. The highest BCUT2D eigenvalue weighted by Crippen LogP contribution is 2.34. The third-order valence-electron chi connectivity index (χ3n) is 3.74. The third kappa shape index (κ3) is 3.42. The molecule has 6 heteroatoms. The number of hydrogen-bond acceptors (Lipinski definition) is 5. The van der Waals surface area contributed by atoms with E-state index in [-0.39, 0.29) is 0 Å². The van der Waals surface area contributed by atoms with Gasteiger partial charge in [0.05, 0.1) is 12.8 Å². The first kappa shape index (κ1) is 16.5. The molecule has 0 aliphatic carbocycles. The van der Waals surface area contributed by atoms with Crippen molar-refractivity contribution in [1.29, 1.82) is 0 Å². The quantitative estimate of drug-likeness (QED) is 0.569. The summed E-state index contributed by atoms with van der Waals surface area (Å²) in [5.74, 6) is 0.750. The van der Waals surface area contributed by atoms with Crippen molar-refractivity contribution in [1.82, 2.24) is 0 Å². The van der Waals surface area contributed by atoms with Crippen molar-refractivity contribution in [3.63, 3.8) is 0 Å². The summed E-state index contributed by atoms with van der Waals surface area (Å²) in [4.78, 5) is 0. The van der Waals surface area contributed by atoms with Crippen LogP contribution in [-0.2, 0) is 6.54 Å². The maximum absolute atomic E-state index is 6.11. The number of methoxy groups -OCH3 is 1. The SMILES string of the molecule is COc1ccc(Cl)cc1NCc1cscc1-c1cc(N)ccc1N. The molecule has 0 spiro atoms. The lowest BCUT2D eigenvalue weighted by molar-refractivity contribution is 0.416. The zero-order valence-electron chi connectivity index (χ0n) is 13.2. The molecular weight excluding hydrogens is 342 g/mol. The Morgan fingerprint density at radius 3 is 2.71 bits per heavy atom. The lowest BCUT2D eigenvalue weighted by Crippen LogP contribution is -2.02. The van der Waals surface area contributed by atoms with E-state index in [4.69, 9.17) is 27.8 Å². The van der Waals surface area contributed by atoms with Crippen molar-refractivity contribution in [2.75, 3.05) is 23.9 Å². The molecule has 0 saturated carbocycles. The molecule has 0 radical (unpaired) electrons. The van der Waals surface area contributed by atoms with E-state index >= 15 is 0 Å². The lowest BCUT2D eigenvalue weighted by atomic mass is 10.0. The maximum atomic E-state index is 6.11. The second-order valence-corrected chi connectivity index (χ2v) is 6.54. The first-order chi connectivity index (χ1) is 11.6. The Bertz CT molecular complexity index is 863. The highest BCUT2D eigenvalue weighted by molar-refractivity contribution is 7.08. The molecule has 0 aliphatic rings. The minimum Gasteiger partial charge on any atom is -0.495 e. The van der Waals surface area contributed by atoms with Crippen molar-refractivity contribution in [3.05, 3.63) is 57.7 Å². The highest BCUT2D eigenvalue weighted by Gasteiger charge is 2.11. The largest absolute Gasteiger partial charge is 0.495 e. The van der Waals surface area contributed by atoms with E-state index in [1.54, 1.807) is 30.6 Å². The number of nitrogens with two attached hydrogens (primary N) is 2. The van der Waals surface area contributed by atoms with Gasteiger partial charge >= 0.3 is 0 Å². The van der Waals surface area contributed by atoms with Crippen LogP contribution in [-0.4, -0.2) is 7.11 Å². The molecule has 1 aromatic heterocycles. The average molecular weight is 360 g/mol. The Kier molecular flexibility index (Phi) is 4.83. The Morgan fingerprint density at radius 1 is 1.08 bits per heavy atom. The first-order valence-corrected chi connectivity index (χ1v) is 8.68. The zero-order valence-corrected chi connectivity index (χ0v) is 14.7. The molecule has 0 amide bonds. The monoisotopic (exact) mass is 359 g/mol. The van der Waals surface area contributed by atoms with E-state index in [1.807, 2.05) is 24.3 Å². The van der Waals surface area contributed by atoms with Gasteiger partial charge in [0.1, 0.15) is 5.75 Å². The highest BCUT2D eigenvalue weighted by atomic mass is 35.5. The molecule has 3 aromatic rings. The van der Waals surface area contributed by atoms with Crippen LogP contribution in [0, 0.1) is 0 Å². The van der Waals surface area contributed by atoms with E-state index in [1.165, 1.54) is 0 Å². The molecule has 0 aliphatic heterocycles. The van der Waals surface area contributed by atoms with Gasteiger partial charge < -0.3 is 21.5 Å². The van der Waals surface area contributed by atoms with Crippen molar-refractivity contribution in [3.8, 4) is 16.9 Å². The second kappa shape index (κ2) is 7.03. The molecule has 0 bridgehead atoms. The van der Waals surface area contributed by atoms with Crippen LogP contribution >= 0.6 is 22.9 Å². The van der Waals surface area contributed by atoms with E-state index in [0.29, 0.717) is 22.9 Å². The number of benzene rings is 2. The smallest absolute Gasteiger partial charge is 0.142 e. The normalized spacial score (nSPS) is 10.6. The molecule has 5 N–H and O–H groups in total. The minimum atomic E-state index is 0.629. The molecule has 0 saturated heterocycles. The number of halogens is 1. The first-order valence-electron chi connectivity index (χ1n) is 7.36. The number of anilines is 3. The van der Waals surface area contributed by atoms with Crippen LogP contribution in [0.25, 0.3) is 11.1 Å². The summed E-state index contributed by atoms with van der Waals surface area (Å²) in [6.45, 7) is 0.629. The number of ether oxygens (including phenoxy) is 1.